The molecule has 1 aliphatic rings. The second-order valence-corrected chi connectivity index (χ2v) is 4.88. The summed E-state index contributed by atoms with van der Waals surface area (Å²) in [6, 6.07) is 18.4. The quantitative estimate of drug-likeness (QED) is 0.743. The van der Waals surface area contributed by atoms with Crippen molar-refractivity contribution in [2.24, 2.45) is 0 Å². The minimum absolute atomic E-state index is 0.0479. The molecule has 3 nitrogen and oxygen atoms in total. The summed E-state index contributed by atoms with van der Waals surface area (Å²) in [6.07, 6.45) is 2.17. The first-order valence-electron chi connectivity index (χ1n) is 6.77. The summed E-state index contributed by atoms with van der Waals surface area (Å²) in [7, 11) is 0. The van der Waals surface area contributed by atoms with E-state index in [2.05, 4.69) is 30.5 Å². The van der Waals surface area contributed by atoms with Crippen molar-refractivity contribution in [2.45, 2.75) is 12.6 Å². The van der Waals surface area contributed by atoms with Crippen LogP contribution < -0.4 is 0 Å². The number of hydrogen-bond donors (Lipinski definition) is 0. The fraction of sp³-hybridized carbons (Fsp3) is 0.235. The molecule has 0 radical (unpaired) electrons. The Morgan fingerprint density at radius 3 is 2.60 bits per heavy atom. The van der Waals surface area contributed by atoms with E-state index in [0.717, 1.165) is 16.7 Å². The van der Waals surface area contributed by atoms with Crippen LogP contribution in [0.4, 0.5) is 0 Å². The number of ether oxygens (including phenoxy) is 1. The van der Waals surface area contributed by atoms with Crippen LogP contribution in [0.5, 0.6) is 0 Å². The van der Waals surface area contributed by atoms with Crippen molar-refractivity contribution >= 4 is 0 Å². The van der Waals surface area contributed by atoms with Gasteiger partial charge in [0.15, 0.2) is 6.19 Å². The maximum Gasteiger partial charge on any atom is 0.179 e. The average Bonchev–Trinajstić information content (AvgIpc) is 2.49. The fourth-order valence-corrected chi connectivity index (χ4v) is 2.58. The van der Waals surface area contributed by atoms with Crippen LogP contribution in [-0.2, 0) is 11.3 Å². The molecule has 1 atom stereocenters. The molecule has 0 aliphatic carbocycles. The molecule has 1 unspecified atom stereocenters. The summed E-state index contributed by atoms with van der Waals surface area (Å²) < 4.78 is 6.03. The van der Waals surface area contributed by atoms with Crippen LogP contribution in [0.2, 0.25) is 0 Å². The van der Waals surface area contributed by atoms with Crippen molar-refractivity contribution in [1.82, 2.24) is 4.90 Å². The van der Waals surface area contributed by atoms with Gasteiger partial charge in [0.1, 0.15) is 6.10 Å². The van der Waals surface area contributed by atoms with Crippen molar-refractivity contribution in [3.05, 3.63) is 71.3 Å². The SMILES string of the molecule is N#CN1CCOC(c2ccccc2)c2ccccc2C1. The molecule has 2 aromatic carbocycles. The lowest BCUT2D eigenvalue weighted by Gasteiger charge is -2.27. The third-order valence-electron chi connectivity index (χ3n) is 3.59. The topological polar surface area (TPSA) is 36.3 Å². The number of nitrogens with zero attached hydrogens (tertiary/aromatic N) is 2. The van der Waals surface area contributed by atoms with E-state index in [-0.39, 0.29) is 6.10 Å². The first-order chi connectivity index (χ1) is 9.88. The zero-order valence-electron chi connectivity index (χ0n) is 11.2. The Bertz CT molecular complexity index is 618. The fourth-order valence-electron chi connectivity index (χ4n) is 2.58. The molecule has 0 bridgehead atoms. The van der Waals surface area contributed by atoms with E-state index in [1.807, 2.05) is 30.3 Å². The number of nitriles is 1. The van der Waals surface area contributed by atoms with Gasteiger partial charge in [0.2, 0.25) is 0 Å². The Labute approximate surface area is 119 Å². The molecule has 1 aliphatic heterocycles. The molecule has 0 saturated carbocycles. The molecule has 20 heavy (non-hydrogen) atoms. The molecule has 0 amide bonds. The van der Waals surface area contributed by atoms with Crippen LogP contribution >= 0.6 is 0 Å². The highest BCUT2D eigenvalue weighted by Gasteiger charge is 2.21. The zero-order valence-corrected chi connectivity index (χ0v) is 11.2. The number of rotatable bonds is 1. The minimum Gasteiger partial charge on any atom is -0.367 e. The molecular weight excluding hydrogens is 248 g/mol. The van der Waals surface area contributed by atoms with Gasteiger partial charge < -0.3 is 9.64 Å². The Morgan fingerprint density at radius 1 is 1.05 bits per heavy atom. The number of fused-ring (bicyclic) bond motifs is 1. The summed E-state index contributed by atoms with van der Waals surface area (Å²) in [5, 5.41) is 9.14. The first kappa shape index (κ1) is 12.7. The molecule has 100 valence electrons. The predicted octanol–water partition coefficient (Wildman–Crippen LogP) is 3.09. The molecule has 2 aromatic rings. The van der Waals surface area contributed by atoms with Gasteiger partial charge in [0.05, 0.1) is 19.7 Å². The maximum atomic E-state index is 9.14. The molecule has 0 N–H and O–H groups in total. The summed E-state index contributed by atoms with van der Waals surface area (Å²) in [4.78, 5) is 1.74. The summed E-state index contributed by atoms with van der Waals surface area (Å²) >= 11 is 0. The molecule has 0 spiro atoms. The lowest BCUT2D eigenvalue weighted by atomic mass is 9.96. The van der Waals surface area contributed by atoms with Gasteiger partial charge >= 0.3 is 0 Å². The standard InChI is InChI=1S/C17H16N2O/c18-13-19-10-11-20-17(14-6-2-1-3-7-14)16-9-5-4-8-15(16)12-19/h1-9,17H,10-12H2. The smallest absolute Gasteiger partial charge is 0.179 e. The zero-order chi connectivity index (χ0) is 13.8. The van der Waals surface area contributed by atoms with Crippen LogP contribution in [0.15, 0.2) is 54.6 Å². The Balaban J connectivity index is 2.03. The van der Waals surface area contributed by atoms with E-state index in [1.54, 1.807) is 4.90 Å². The van der Waals surface area contributed by atoms with E-state index in [4.69, 9.17) is 10.00 Å². The highest BCUT2D eigenvalue weighted by atomic mass is 16.5. The van der Waals surface area contributed by atoms with E-state index < -0.39 is 0 Å². The number of benzene rings is 2. The molecule has 0 fully saturated rings. The van der Waals surface area contributed by atoms with Crippen LogP contribution in [0.25, 0.3) is 0 Å². The lowest BCUT2D eigenvalue weighted by Crippen LogP contribution is -2.27. The van der Waals surface area contributed by atoms with Crippen LogP contribution in [0.1, 0.15) is 22.8 Å². The Morgan fingerprint density at radius 2 is 1.80 bits per heavy atom. The van der Waals surface area contributed by atoms with E-state index in [9.17, 15) is 0 Å². The van der Waals surface area contributed by atoms with Gasteiger partial charge in [-0.1, -0.05) is 54.6 Å². The van der Waals surface area contributed by atoms with Crippen molar-refractivity contribution < 1.29 is 4.74 Å². The van der Waals surface area contributed by atoms with Crippen molar-refractivity contribution in [1.29, 1.82) is 5.26 Å². The first-order valence-corrected chi connectivity index (χ1v) is 6.77. The van der Waals surface area contributed by atoms with Crippen molar-refractivity contribution in [3.8, 4) is 6.19 Å². The molecule has 3 rings (SSSR count). The summed E-state index contributed by atoms with van der Waals surface area (Å²) in [5.41, 5.74) is 3.46. The van der Waals surface area contributed by atoms with Crippen LogP contribution in [-0.4, -0.2) is 18.1 Å². The summed E-state index contributed by atoms with van der Waals surface area (Å²) in [6.45, 7) is 1.84. The van der Waals surface area contributed by atoms with E-state index >= 15 is 0 Å². The monoisotopic (exact) mass is 264 g/mol. The number of hydrogen-bond acceptors (Lipinski definition) is 3. The van der Waals surface area contributed by atoms with Gasteiger partial charge in [-0.25, -0.2) is 0 Å². The van der Waals surface area contributed by atoms with Crippen LogP contribution in [0, 0.1) is 11.5 Å². The van der Waals surface area contributed by atoms with Gasteiger partial charge in [0.25, 0.3) is 0 Å². The van der Waals surface area contributed by atoms with E-state index in [1.165, 1.54) is 0 Å². The minimum atomic E-state index is -0.0479. The third kappa shape index (κ3) is 2.52. The van der Waals surface area contributed by atoms with Gasteiger partial charge in [-0.2, -0.15) is 5.26 Å². The highest BCUT2D eigenvalue weighted by Crippen LogP contribution is 2.30. The van der Waals surface area contributed by atoms with Crippen LogP contribution in [0.3, 0.4) is 0 Å². The maximum absolute atomic E-state index is 9.14. The van der Waals surface area contributed by atoms with Gasteiger partial charge in [-0.05, 0) is 16.7 Å². The largest absolute Gasteiger partial charge is 0.367 e. The lowest BCUT2D eigenvalue weighted by molar-refractivity contribution is 0.0609. The van der Waals surface area contributed by atoms with Crippen molar-refractivity contribution in [3.63, 3.8) is 0 Å². The van der Waals surface area contributed by atoms with Gasteiger partial charge in [-0.15, -0.1) is 0 Å². The van der Waals surface area contributed by atoms with E-state index in [0.29, 0.717) is 19.7 Å². The Hall–Kier alpha value is -2.31. The molecule has 0 saturated heterocycles. The normalized spacial score (nSPS) is 18.6. The second-order valence-electron chi connectivity index (χ2n) is 4.88. The average molecular weight is 264 g/mol. The molecule has 3 heteroatoms. The van der Waals surface area contributed by atoms with Gasteiger partial charge in [-0.3, -0.25) is 0 Å². The Kier molecular flexibility index (Phi) is 3.67. The highest BCUT2D eigenvalue weighted by molar-refractivity contribution is 5.36. The molecule has 1 heterocycles. The molecular formula is C17H16N2O. The second kappa shape index (κ2) is 5.77. The third-order valence-corrected chi connectivity index (χ3v) is 3.59. The molecule has 0 aromatic heterocycles. The van der Waals surface area contributed by atoms with Gasteiger partial charge in [0, 0.05) is 0 Å². The predicted molar refractivity (Wildman–Crippen MR) is 76.7 cm³/mol. The van der Waals surface area contributed by atoms with Crippen molar-refractivity contribution in [2.75, 3.05) is 13.2 Å². The summed E-state index contributed by atoms with van der Waals surface area (Å²) in [5.74, 6) is 0.